The van der Waals surface area contributed by atoms with Gasteiger partial charge < -0.3 is 9.84 Å². The van der Waals surface area contributed by atoms with Gasteiger partial charge in [0, 0.05) is 31.1 Å². The average molecular weight is 482 g/mol. The van der Waals surface area contributed by atoms with Crippen LogP contribution in [-0.4, -0.2) is 37.4 Å². The minimum atomic E-state index is -0.798. The summed E-state index contributed by atoms with van der Waals surface area (Å²) in [7, 11) is 1.42. The van der Waals surface area contributed by atoms with Crippen molar-refractivity contribution in [3.05, 3.63) is 68.3 Å². The first-order chi connectivity index (χ1) is 16.6. The van der Waals surface area contributed by atoms with E-state index >= 15 is 0 Å². The van der Waals surface area contributed by atoms with Gasteiger partial charge in [0.1, 0.15) is 11.9 Å². The van der Waals surface area contributed by atoms with Gasteiger partial charge in [-0.25, -0.2) is 14.2 Å². The summed E-state index contributed by atoms with van der Waals surface area (Å²) in [5.41, 5.74) is 1.62. The van der Waals surface area contributed by atoms with Crippen LogP contribution in [0.25, 0.3) is 28.2 Å². The molecule has 3 aromatic rings. The van der Waals surface area contributed by atoms with Crippen LogP contribution in [0.1, 0.15) is 50.8 Å². The molecule has 0 radical (unpaired) electrons. The van der Waals surface area contributed by atoms with E-state index in [1.165, 1.54) is 23.7 Å². The smallest absolute Gasteiger partial charge is 0.332 e. The fourth-order valence-corrected chi connectivity index (χ4v) is 4.47. The molecule has 3 heterocycles. The van der Waals surface area contributed by atoms with Crippen LogP contribution in [0.2, 0.25) is 0 Å². The first-order valence-electron chi connectivity index (χ1n) is 11.6. The van der Waals surface area contributed by atoms with Crippen LogP contribution in [0, 0.1) is 5.82 Å². The molecule has 8 nitrogen and oxygen atoms in total. The van der Waals surface area contributed by atoms with Crippen molar-refractivity contribution in [1.82, 2.24) is 14.1 Å². The summed E-state index contributed by atoms with van der Waals surface area (Å²) in [5, 5.41) is 10.2. The highest BCUT2D eigenvalue weighted by Gasteiger charge is 2.27. The van der Waals surface area contributed by atoms with Gasteiger partial charge in [-0.2, -0.15) is 0 Å². The molecule has 1 aliphatic heterocycles. The van der Waals surface area contributed by atoms with Crippen molar-refractivity contribution < 1.29 is 19.0 Å². The van der Waals surface area contributed by atoms with Gasteiger partial charge in [-0.15, -0.1) is 0 Å². The van der Waals surface area contributed by atoms with Gasteiger partial charge in [-0.3, -0.25) is 18.7 Å². The van der Waals surface area contributed by atoms with Gasteiger partial charge in [-0.05, 0) is 36.6 Å². The molecule has 1 aliphatic rings. The number of carbonyl (C=O) groups excluding carboxylic acids is 1. The number of aliphatic hydroxyl groups is 1. The number of aryl methyl sites for hydroxylation is 1. The van der Waals surface area contributed by atoms with E-state index in [0.717, 1.165) is 4.57 Å². The number of hydrogen-bond acceptors (Lipinski definition) is 6. The van der Waals surface area contributed by atoms with Crippen LogP contribution in [-0.2, 0) is 23.1 Å². The lowest BCUT2D eigenvalue weighted by molar-refractivity contribution is -0.156. The number of ether oxygens (including phenoxy) is 1. The molecule has 1 fully saturated rings. The topological polar surface area (TPSA) is 103 Å². The molecule has 1 N–H and O–H groups in total. The number of aromatic nitrogens is 3. The number of cyclic esters (lactones) is 1. The maximum Gasteiger partial charge on any atom is 0.332 e. The Labute approximate surface area is 201 Å². The lowest BCUT2D eigenvalue weighted by Crippen LogP contribution is -2.38. The van der Waals surface area contributed by atoms with Crippen molar-refractivity contribution >= 4 is 23.1 Å². The number of carbonyl (C=O) groups is 1. The van der Waals surface area contributed by atoms with E-state index in [0.29, 0.717) is 28.9 Å². The fraction of sp³-hybridized carbons (Fsp3) is 0.385. The standard InChI is InChI=1S/C26H28FN3O5/c1-5-30-24-22(25(33)29(4)26(30)34)21(15-6-8-16(27)9-7-15)19(23(28-24)14(2)3)11-10-18-12-17(31)13-20(32)35-18/h6-11,14,17-18,31H,5,12-13H2,1-4H3/t17-,18-/m0/s1. The fourth-order valence-electron chi connectivity index (χ4n) is 4.47. The van der Waals surface area contributed by atoms with Gasteiger partial charge in [0.05, 0.1) is 23.6 Å². The molecule has 1 saturated heterocycles. The third-order valence-electron chi connectivity index (χ3n) is 6.20. The minimum Gasteiger partial charge on any atom is -0.458 e. The quantitative estimate of drug-likeness (QED) is 0.562. The average Bonchev–Trinajstić information content (AvgIpc) is 2.81. The molecule has 2 atom stereocenters. The van der Waals surface area contributed by atoms with Gasteiger partial charge in [0.25, 0.3) is 5.56 Å². The molecule has 0 unspecified atom stereocenters. The second kappa shape index (κ2) is 9.58. The molecule has 0 amide bonds. The summed E-state index contributed by atoms with van der Waals surface area (Å²) in [6, 6.07) is 5.78. The number of benzene rings is 1. The van der Waals surface area contributed by atoms with Crippen molar-refractivity contribution in [2.75, 3.05) is 0 Å². The number of esters is 1. The SMILES string of the molecule is CCn1c(=O)n(C)c(=O)c2c(-c3ccc(F)cc3)c(C=C[C@H]3C[C@H](O)CC(=O)O3)c(C(C)C)nc21. The van der Waals surface area contributed by atoms with Crippen LogP contribution in [0.5, 0.6) is 0 Å². The monoisotopic (exact) mass is 481 g/mol. The Hall–Kier alpha value is -3.59. The van der Waals surface area contributed by atoms with Crippen molar-refractivity contribution in [2.24, 2.45) is 7.05 Å². The molecular formula is C26H28FN3O5. The number of fused-ring (bicyclic) bond motifs is 1. The minimum absolute atomic E-state index is 0.0511. The molecular weight excluding hydrogens is 453 g/mol. The van der Waals surface area contributed by atoms with Crippen LogP contribution < -0.4 is 11.2 Å². The predicted molar refractivity (Wildman–Crippen MR) is 131 cm³/mol. The molecule has 1 aromatic carbocycles. The Balaban J connectivity index is 2.10. The van der Waals surface area contributed by atoms with E-state index < -0.39 is 35.2 Å². The predicted octanol–water partition coefficient (Wildman–Crippen LogP) is 3.12. The van der Waals surface area contributed by atoms with E-state index in [-0.39, 0.29) is 29.8 Å². The zero-order valence-electron chi connectivity index (χ0n) is 20.1. The van der Waals surface area contributed by atoms with E-state index in [4.69, 9.17) is 9.72 Å². The van der Waals surface area contributed by atoms with Crippen LogP contribution in [0.3, 0.4) is 0 Å². The molecule has 184 valence electrons. The highest BCUT2D eigenvalue weighted by molar-refractivity contribution is 5.97. The number of halogens is 1. The van der Waals surface area contributed by atoms with Crippen molar-refractivity contribution in [3.8, 4) is 11.1 Å². The largest absolute Gasteiger partial charge is 0.458 e. The van der Waals surface area contributed by atoms with Gasteiger partial charge in [0.15, 0.2) is 5.65 Å². The second-order valence-corrected chi connectivity index (χ2v) is 9.02. The molecule has 0 spiro atoms. The number of aliphatic hydroxyl groups excluding tert-OH is 1. The molecule has 0 saturated carbocycles. The number of rotatable bonds is 5. The lowest BCUT2D eigenvalue weighted by Gasteiger charge is -2.24. The maximum atomic E-state index is 13.8. The summed E-state index contributed by atoms with van der Waals surface area (Å²) < 4.78 is 21.6. The normalized spacial score (nSPS) is 18.5. The number of hydrogen-bond donors (Lipinski definition) is 1. The lowest BCUT2D eigenvalue weighted by atomic mass is 9.91. The second-order valence-electron chi connectivity index (χ2n) is 9.02. The Morgan fingerprint density at radius 2 is 1.91 bits per heavy atom. The van der Waals surface area contributed by atoms with E-state index in [2.05, 4.69) is 0 Å². The summed E-state index contributed by atoms with van der Waals surface area (Å²) >= 11 is 0. The van der Waals surface area contributed by atoms with Crippen molar-refractivity contribution in [3.63, 3.8) is 0 Å². The molecule has 9 heteroatoms. The number of nitrogens with zero attached hydrogens (tertiary/aromatic N) is 3. The summed E-state index contributed by atoms with van der Waals surface area (Å²) in [6.07, 6.45) is 2.16. The Bertz CT molecular complexity index is 1440. The Morgan fingerprint density at radius 3 is 2.51 bits per heavy atom. The summed E-state index contributed by atoms with van der Waals surface area (Å²) in [4.78, 5) is 42.8. The first-order valence-corrected chi connectivity index (χ1v) is 11.6. The van der Waals surface area contributed by atoms with E-state index in [9.17, 15) is 23.9 Å². The Kier molecular flexibility index (Phi) is 6.71. The Morgan fingerprint density at radius 1 is 1.23 bits per heavy atom. The molecule has 0 bridgehead atoms. The highest BCUT2D eigenvalue weighted by atomic mass is 19.1. The van der Waals surface area contributed by atoms with Gasteiger partial charge in [0.2, 0.25) is 0 Å². The molecule has 35 heavy (non-hydrogen) atoms. The summed E-state index contributed by atoms with van der Waals surface area (Å²) in [6.45, 7) is 6.00. The number of pyridine rings is 1. The molecule has 4 rings (SSSR count). The first kappa shape index (κ1) is 24.5. The van der Waals surface area contributed by atoms with Crippen molar-refractivity contribution in [1.29, 1.82) is 0 Å². The van der Waals surface area contributed by atoms with E-state index in [1.54, 1.807) is 31.2 Å². The van der Waals surface area contributed by atoms with Crippen LogP contribution in [0.4, 0.5) is 4.39 Å². The van der Waals surface area contributed by atoms with Gasteiger partial charge >= 0.3 is 11.7 Å². The molecule has 2 aromatic heterocycles. The third-order valence-corrected chi connectivity index (χ3v) is 6.20. The maximum absolute atomic E-state index is 13.8. The van der Waals surface area contributed by atoms with Crippen molar-refractivity contribution in [2.45, 2.75) is 58.3 Å². The highest BCUT2D eigenvalue weighted by Crippen LogP contribution is 2.35. The van der Waals surface area contributed by atoms with Gasteiger partial charge in [-0.1, -0.05) is 32.1 Å². The van der Waals surface area contributed by atoms with E-state index in [1.807, 2.05) is 13.8 Å². The summed E-state index contributed by atoms with van der Waals surface area (Å²) in [5.74, 6) is -1.00. The third kappa shape index (κ3) is 4.55. The molecule has 0 aliphatic carbocycles. The van der Waals surface area contributed by atoms with Crippen LogP contribution >= 0.6 is 0 Å². The zero-order valence-corrected chi connectivity index (χ0v) is 20.1. The zero-order chi connectivity index (χ0) is 25.4. The van der Waals surface area contributed by atoms with Crippen LogP contribution in [0.15, 0.2) is 39.9 Å².